The van der Waals surface area contributed by atoms with Crippen LogP contribution in [0.25, 0.3) is 0 Å². The van der Waals surface area contributed by atoms with Crippen molar-refractivity contribution < 1.29 is 13.2 Å². The van der Waals surface area contributed by atoms with E-state index in [4.69, 9.17) is 0 Å². The molecule has 2 fully saturated rings. The Hall–Kier alpha value is -1.44. The SMILES string of the molecule is CCNCC1CCN(C(=O)C2CCCN2S(=O)(=O)c2ccccc2)CC1. The topological polar surface area (TPSA) is 69.7 Å². The quantitative estimate of drug-likeness (QED) is 0.817. The van der Waals surface area contributed by atoms with E-state index in [2.05, 4.69) is 12.2 Å². The summed E-state index contributed by atoms with van der Waals surface area (Å²) in [6.45, 7) is 5.93. The summed E-state index contributed by atoms with van der Waals surface area (Å²) in [4.78, 5) is 15.1. The lowest BCUT2D eigenvalue weighted by molar-refractivity contribution is -0.136. The third-order valence-electron chi connectivity index (χ3n) is 5.45. The summed E-state index contributed by atoms with van der Waals surface area (Å²) in [6.07, 6.45) is 3.31. The van der Waals surface area contributed by atoms with Crippen LogP contribution in [0.5, 0.6) is 0 Å². The third kappa shape index (κ3) is 4.10. The average Bonchev–Trinajstić information content (AvgIpc) is 3.17. The number of carbonyl (C=O) groups excluding carboxylic acids is 1. The zero-order valence-electron chi connectivity index (χ0n) is 15.4. The lowest BCUT2D eigenvalue weighted by Gasteiger charge is -2.35. The van der Waals surface area contributed by atoms with E-state index in [9.17, 15) is 13.2 Å². The number of sulfonamides is 1. The number of hydrogen-bond donors (Lipinski definition) is 1. The molecule has 1 unspecified atom stereocenters. The number of nitrogens with one attached hydrogen (secondary N) is 1. The molecule has 0 aromatic heterocycles. The summed E-state index contributed by atoms with van der Waals surface area (Å²) < 4.78 is 27.3. The molecule has 1 amide bonds. The summed E-state index contributed by atoms with van der Waals surface area (Å²) in [5, 5.41) is 3.37. The predicted octanol–water partition coefficient (Wildman–Crippen LogP) is 1.69. The van der Waals surface area contributed by atoms with Crippen molar-refractivity contribution in [3.8, 4) is 0 Å². The van der Waals surface area contributed by atoms with Crippen molar-refractivity contribution in [3.05, 3.63) is 30.3 Å². The summed E-state index contributed by atoms with van der Waals surface area (Å²) in [7, 11) is -3.62. The molecule has 3 rings (SSSR count). The first-order valence-electron chi connectivity index (χ1n) is 9.60. The van der Waals surface area contributed by atoms with E-state index in [1.165, 1.54) is 4.31 Å². The van der Waals surface area contributed by atoms with Crippen molar-refractivity contribution >= 4 is 15.9 Å². The van der Waals surface area contributed by atoms with Gasteiger partial charge in [0.1, 0.15) is 6.04 Å². The van der Waals surface area contributed by atoms with Crippen molar-refractivity contribution in [1.29, 1.82) is 0 Å². The number of likely N-dealkylation sites (tertiary alicyclic amines) is 1. The van der Waals surface area contributed by atoms with Gasteiger partial charge in [-0.3, -0.25) is 4.79 Å². The Bertz CT molecular complexity index is 700. The van der Waals surface area contributed by atoms with Gasteiger partial charge in [-0.2, -0.15) is 4.31 Å². The first-order chi connectivity index (χ1) is 12.5. The minimum Gasteiger partial charge on any atom is -0.341 e. The second-order valence-corrected chi connectivity index (χ2v) is 9.05. The van der Waals surface area contributed by atoms with Crippen molar-refractivity contribution in [2.75, 3.05) is 32.7 Å². The van der Waals surface area contributed by atoms with Gasteiger partial charge in [0.05, 0.1) is 4.90 Å². The Morgan fingerprint density at radius 2 is 1.81 bits per heavy atom. The Morgan fingerprint density at radius 1 is 1.12 bits per heavy atom. The Balaban J connectivity index is 1.66. The third-order valence-corrected chi connectivity index (χ3v) is 7.37. The molecule has 144 valence electrons. The molecule has 7 heteroatoms. The molecule has 0 aliphatic carbocycles. The molecule has 2 heterocycles. The molecule has 1 aromatic carbocycles. The molecule has 1 N–H and O–H groups in total. The Kier molecular flexibility index (Phi) is 6.32. The second kappa shape index (κ2) is 8.50. The highest BCUT2D eigenvalue weighted by atomic mass is 32.2. The van der Waals surface area contributed by atoms with E-state index in [1.54, 1.807) is 30.3 Å². The molecule has 0 bridgehead atoms. The molecule has 2 aliphatic heterocycles. The molecule has 2 aliphatic rings. The maximum Gasteiger partial charge on any atom is 0.243 e. The fraction of sp³-hybridized carbons (Fsp3) is 0.632. The van der Waals surface area contributed by atoms with Crippen LogP contribution in [0.1, 0.15) is 32.6 Å². The number of nitrogens with zero attached hydrogens (tertiary/aromatic N) is 2. The monoisotopic (exact) mass is 379 g/mol. The number of benzene rings is 1. The van der Waals surface area contributed by atoms with Crippen LogP contribution in [0.4, 0.5) is 0 Å². The van der Waals surface area contributed by atoms with Crippen LogP contribution in [0, 0.1) is 5.92 Å². The standard InChI is InChI=1S/C19H29N3O3S/c1-2-20-15-16-10-13-21(14-11-16)19(23)18-9-6-12-22(18)26(24,25)17-7-4-3-5-8-17/h3-5,7-8,16,18,20H,2,6,9-15H2,1H3. The van der Waals surface area contributed by atoms with Gasteiger partial charge in [-0.1, -0.05) is 25.1 Å². The molecule has 2 saturated heterocycles. The highest BCUT2D eigenvalue weighted by Gasteiger charge is 2.41. The number of carbonyl (C=O) groups is 1. The number of hydrogen-bond acceptors (Lipinski definition) is 4. The summed E-state index contributed by atoms with van der Waals surface area (Å²) in [5.74, 6) is 0.579. The highest BCUT2D eigenvalue weighted by molar-refractivity contribution is 7.89. The number of piperidine rings is 1. The molecule has 6 nitrogen and oxygen atoms in total. The van der Waals surface area contributed by atoms with Crippen LogP contribution >= 0.6 is 0 Å². The van der Waals surface area contributed by atoms with Crippen LogP contribution in [0.2, 0.25) is 0 Å². The van der Waals surface area contributed by atoms with Crippen LogP contribution < -0.4 is 5.32 Å². The van der Waals surface area contributed by atoms with E-state index in [0.717, 1.165) is 45.4 Å². The largest absolute Gasteiger partial charge is 0.341 e. The van der Waals surface area contributed by atoms with Gasteiger partial charge in [-0.25, -0.2) is 8.42 Å². The van der Waals surface area contributed by atoms with Gasteiger partial charge in [0.25, 0.3) is 0 Å². The van der Waals surface area contributed by atoms with Crippen molar-refractivity contribution in [3.63, 3.8) is 0 Å². The smallest absolute Gasteiger partial charge is 0.243 e. The second-order valence-electron chi connectivity index (χ2n) is 7.16. The summed E-state index contributed by atoms with van der Waals surface area (Å²) in [6, 6.07) is 7.88. The van der Waals surface area contributed by atoms with Crippen molar-refractivity contribution in [1.82, 2.24) is 14.5 Å². The Morgan fingerprint density at radius 3 is 2.46 bits per heavy atom. The average molecular weight is 380 g/mol. The molecule has 1 aromatic rings. The van der Waals surface area contributed by atoms with E-state index < -0.39 is 16.1 Å². The van der Waals surface area contributed by atoms with Gasteiger partial charge in [0.15, 0.2) is 0 Å². The first kappa shape index (κ1) is 19.3. The van der Waals surface area contributed by atoms with Crippen LogP contribution in [0.15, 0.2) is 35.2 Å². The van der Waals surface area contributed by atoms with Crippen molar-refractivity contribution in [2.45, 2.75) is 43.5 Å². The number of rotatable bonds is 6. The van der Waals surface area contributed by atoms with E-state index in [-0.39, 0.29) is 10.8 Å². The number of amides is 1. The minimum atomic E-state index is -3.62. The van der Waals surface area contributed by atoms with Gasteiger partial charge in [0.2, 0.25) is 15.9 Å². The van der Waals surface area contributed by atoms with Crippen LogP contribution in [0.3, 0.4) is 0 Å². The van der Waals surface area contributed by atoms with Gasteiger partial charge in [-0.05, 0) is 56.8 Å². The van der Waals surface area contributed by atoms with Gasteiger partial charge in [0, 0.05) is 19.6 Å². The zero-order valence-corrected chi connectivity index (χ0v) is 16.2. The van der Waals surface area contributed by atoms with Gasteiger partial charge < -0.3 is 10.2 Å². The highest BCUT2D eigenvalue weighted by Crippen LogP contribution is 2.28. The lowest BCUT2D eigenvalue weighted by Crippen LogP contribution is -2.50. The molecule has 0 saturated carbocycles. The van der Waals surface area contributed by atoms with E-state index >= 15 is 0 Å². The zero-order chi connectivity index (χ0) is 18.6. The molecule has 1 atom stereocenters. The van der Waals surface area contributed by atoms with Crippen molar-refractivity contribution in [2.24, 2.45) is 5.92 Å². The van der Waals surface area contributed by atoms with Crippen LogP contribution in [-0.4, -0.2) is 62.3 Å². The molecule has 0 radical (unpaired) electrons. The summed E-state index contributed by atoms with van der Waals surface area (Å²) in [5.41, 5.74) is 0. The van der Waals surface area contributed by atoms with Crippen LogP contribution in [-0.2, 0) is 14.8 Å². The first-order valence-corrected chi connectivity index (χ1v) is 11.0. The fourth-order valence-corrected chi connectivity index (χ4v) is 5.59. The summed E-state index contributed by atoms with van der Waals surface area (Å²) >= 11 is 0. The fourth-order valence-electron chi connectivity index (χ4n) is 3.92. The Labute approximate surface area is 156 Å². The molecular formula is C19H29N3O3S. The molecular weight excluding hydrogens is 350 g/mol. The predicted molar refractivity (Wildman–Crippen MR) is 101 cm³/mol. The van der Waals surface area contributed by atoms with E-state index in [1.807, 2.05) is 4.90 Å². The molecule has 26 heavy (non-hydrogen) atoms. The van der Waals surface area contributed by atoms with Gasteiger partial charge in [-0.15, -0.1) is 0 Å². The minimum absolute atomic E-state index is 0.0242. The maximum absolute atomic E-state index is 13.0. The van der Waals surface area contributed by atoms with E-state index in [0.29, 0.717) is 18.9 Å². The molecule has 0 spiro atoms. The van der Waals surface area contributed by atoms with Gasteiger partial charge >= 0.3 is 0 Å². The lowest BCUT2D eigenvalue weighted by atomic mass is 9.96. The normalized spacial score (nSPS) is 22.7. The maximum atomic E-state index is 13.0.